The van der Waals surface area contributed by atoms with Crippen LogP contribution >= 0.6 is 11.6 Å². The van der Waals surface area contributed by atoms with E-state index in [1.54, 1.807) is 17.9 Å². The molecular weight excluding hydrogens is 202 g/mol. The van der Waals surface area contributed by atoms with Crippen LogP contribution < -0.4 is 5.73 Å². The van der Waals surface area contributed by atoms with Gasteiger partial charge in [0.1, 0.15) is 5.60 Å². The average Bonchev–Trinajstić information content (AvgIpc) is 2.58. The van der Waals surface area contributed by atoms with E-state index in [0.717, 1.165) is 6.42 Å². The molecule has 2 unspecified atom stereocenters. The summed E-state index contributed by atoms with van der Waals surface area (Å²) in [4.78, 5) is 0. The van der Waals surface area contributed by atoms with Crippen molar-refractivity contribution in [3.8, 4) is 0 Å². The Kier molecular flexibility index (Phi) is 2.29. The fourth-order valence-corrected chi connectivity index (χ4v) is 2.55. The number of hydrogen-bond donors (Lipinski definition) is 2. The van der Waals surface area contributed by atoms with Crippen LogP contribution in [-0.2, 0) is 12.6 Å². The number of aromatic nitrogens is 2. The van der Waals surface area contributed by atoms with Gasteiger partial charge in [0, 0.05) is 13.1 Å². The van der Waals surface area contributed by atoms with Crippen LogP contribution in [0.15, 0.2) is 6.20 Å². The second-order valence-electron chi connectivity index (χ2n) is 4.00. The van der Waals surface area contributed by atoms with Crippen molar-refractivity contribution >= 4 is 11.6 Å². The molecule has 1 fully saturated rings. The largest absolute Gasteiger partial charge is 0.383 e. The van der Waals surface area contributed by atoms with Crippen LogP contribution in [0.5, 0.6) is 0 Å². The van der Waals surface area contributed by atoms with Crippen molar-refractivity contribution in [2.24, 2.45) is 12.8 Å². The maximum absolute atomic E-state index is 10.4. The van der Waals surface area contributed by atoms with E-state index in [9.17, 15) is 5.11 Å². The van der Waals surface area contributed by atoms with Crippen molar-refractivity contribution in [1.82, 2.24) is 9.78 Å². The minimum absolute atomic E-state index is 0.0611. The summed E-state index contributed by atoms with van der Waals surface area (Å²) in [6, 6.07) is 0.0611. The molecule has 2 atom stereocenters. The van der Waals surface area contributed by atoms with Gasteiger partial charge in [-0.3, -0.25) is 4.68 Å². The quantitative estimate of drug-likeness (QED) is 0.728. The average molecular weight is 216 g/mol. The fraction of sp³-hybridized carbons (Fsp3) is 0.667. The van der Waals surface area contributed by atoms with Crippen LogP contribution in [0, 0.1) is 0 Å². The first kappa shape index (κ1) is 9.96. The number of halogens is 1. The van der Waals surface area contributed by atoms with E-state index in [-0.39, 0.29) is 6.04 Å². The molecule has 0 aliphatic heterocycles. The van der Waals surface area contributed by atoms with Crippen molar-refractivity contribution in [1.29, 1.82) is 0 Å². The Morgan fingerprint density at radius 1 is 1.79 bits per heavy atom. The third kappa shape index (κ3) is 1.43. The van der Waals surface area contributed by atoms with Gasteiger partial charge in [-0.25, -0.2) is 0 Å². The van der Waals surface area contributed by atoms with Gasteiger partial charge < -0.3 is 10.8 Å². The molecule has 1 aromatic rings. The molecule has 5 heteroatoms. The lowest BCUT2D eigenvalue weighted by molar-refractivity contribution is 0.0348. The van der Waals surface area contributed by atoms with Crippen LogP contribution in [0.2, 0.25) is 5.02 Å². The molecule has 1 saturated carbocycles. The summed E-state index contributed by atoms with van der Waals surface area (Å²) < 4.78 is 1.63. The van der Waals surface area contributed by atoms with E-state index in [1.165, 1.54) is 0 Å². The van der Waals surface area contributed by atoms with Gasteiger partial charge >= 0.3 is 0 Å². The topological polar surface area (TPSA) is 64.1 Å². The molecule has 1 aliphatic carbocycles. The summed E-state index contributed by atoms with van der Waals surface area (Å²) in [5, 5.41) is 14.9. The van der Waals surface area contributed by atoms with Crippen LogP contribution in [0.4, 0.5) is 0 Å². The summed E-state index contributed by atoms with van der Waals surface area (Å²) in [7, 11) is 1.78. The van der Waals surface area contributed by atoms with Gasteiger partial charge in [0.15, 0.2) is 0 Å². The van der Waals surface area contributed by atoms with E-state index in [1.807, 2.05) is 0 Å². The minimum Gasteiger partial charge on any atom is -0.383 e. The predicted octanol–water partition coefficient (Wildman–Crippen LogP) is 0.772. The second kappa shape index (κ2) is 3.22. The third-order valence-electron chi connectivity index (χ3n) is 2.86. The lowest BCUT2D eigenvalue weighted by Crippen LogP contribution is -2.28. The van der Waals surface area contributed by atoms with E-state index >= 15 is 0 Å². The zero-order valence-corrected chi connectivity index (χ0v) is 8.83. The highest BCUT2D eigenvalue weighted by atomic mass is 35.5. The Labute approximate surface area is 87.7 Å². The Balaban J connectivity index is 2.39. The van der Waals surface area contributed by atoms with Crippen LogP contribution in [0.25, 0.3) is 0 Å². The summed E-state index contributed by atoms with van der Waals surface area (Å²) in [6.07, 6.45) is 3.61. The molecule has 0 bridgehead atoms. The van der Waals surface area contributed by atoms with E-state index in [0.29, 0.717) is 23.6 Å². The number of nitrogens with zero attached hydrogens (tertiary/aromatic N) is 2. The van der Waals surface area contributed by atoms with Crippen molar-refractivity contribution in [2.45, 2.75) is 30.9 Å². The number of hydrogen-bond acceptors (Lipinski definition) is 3. The molecule has 14 heavy (non-hydrogen) atoms. The molecule has 2 rings (SSSR count). The van der Waals surface area contributed by atoms with Crippen LogP contribution in [-0.4, -0.2) is 20.9 Å². The lowest BCUT2D eigenvalue weighted by atomic mass is 9.97. The van der Waals surface area contributed by atoms with Crippen LogP contribution in [0.3, 0.4) is 0 Å². The summed E-state index contributed by atoms with van der Waals surface area (Å²) in [6.45, 7) is 0. The van der Waals surface area contributed by atoms with Crippen molar-refractivity contribution in [2.75, 3.05) is 0 Å². The first-order chi connectivity index (χ1) is 6.53. The predicted molar refractivity (Wildman–Crippen MR) is 53.9 cm³/mol. The van der Waals surface area contributed by atoms with Crippen molar-refractivity contribution in [3.05, 3.63) is 16.9 Å². The van der Waals surface area contributed by atoms with Crippen molar-refractivity contribution < 1.29 is 5.11 Å². The zero-order chi connectivity index (χ0) is 10.3. The standard InChI is InChI=1S/C9H14ClN3O/c1-13-8(7(10)5-12-13)9(14)3-2-6(11)4-9/h5-6,14H,2-4,11H2,1H3. The van der Waals surface area contributed by atoms with E-state index in [2.05, 4.69) is 5.10 Å². The molecule has 1 aromatic heterocycles. The number of rotatable bonds is 1. The zero-order valence-electron chi connectivity index (χ0n) is 8.07. The first-order valence-corrected chi connectivity index (χ1v) is 5.07. The maximum Gasteiger partial charge on any atom is 0.109 e. The Bertz CT molecular complexity index is 332. The molecular formula is C9H14ClN3O. The van der Waals surface area contributed by atoms with Gasteiger partial charge in [-0.2, -0.15) is 5.10 Å². The molecule has 3 N–H and O–H groups in total. The monoisotopic (exact) mass is 215 g/mol. The molecule has 4 nitrogen and oxygen atoms in total. The number of aliphatic hydroxyl groups is 1. The molecule has 1 heterocycles. The Morgan fingerprint density at radius 3 is 2.93 bits per heavy atom. The molecule has 0 radical (unpaired) electrons. The second-order valence-corrected chi connectivity index (χ2v) is 4.41. The van der Waals surface area contributed by atoms with E-state index in [4.69, 9.17) is 17.3 Å². The van der Waals surface area contributed by atoms with Crippen molar-refractivity contribution in [3.63, 3.8) is 0 Å². The van der Waals surface area contributed by atoms with Gasteiger partial charge in [-0.15, -0.1) is 0 Å². The third-order valence-corrected chi connectivity index (χ3v) is 3.14. The Morgan fingerprint density at radius 2 is 2.50 bits per heavy atom. The molecule has 78 valence electrons. The molecule has 0 spiro atoms. The van der Waals surface area contributed by atoms with E-state index < -0.39 is 5.60 Å². The summed E-state index contributed by atoms with van der Waals surface area (Å²) in [5.41, 5.74) is 5.58. The molecule has 0 aromatic carbocycles. The SMILES string of the molecule is Cn1ncc(Cl)c1C1(O)CCC(N)C1. The van der Waals surface area contributed by atoms with Gasteiger partial charge in [0.2, 0.25) is 0 Å². The molecule has 0 saturated heterocycles. The maximum atomic E-state index is 10.4. The smallest absolute Gasteiger partial charge is 0.109 e. The Hall–Kier alpha value is -0.580. The normalized spacial score (nSPS) is 32.4. The highest BCUT2D eigenvalue weighted by Gasteiger charge is 2.40. The van der Waals surface area contributed by atoms with Gasteiger partial charge in [0.25, 0.3) is 0 Å². The number of aryl methyl sites for hydroxylation is 1. The fourth-order valence-electron chi connectivity index (χ4n) is 2.21. The molecule has 0 amide bonds. The first-order valence-electron chi connectivity index (χ1n) is 4.69. The number of nitrogens with two attached hydrogens (primary N) is 1. The van der Waals surface area contributed by atoms with Gasteiger partial charge in [-0.1, -0.05) is 11.6 Å². The summed E-state index contributed by atoms with van der Waals surface area (Å²) in [5.74, 6) is 0. The lowest BCUT2D eigenvalue weighted by Gasteiger charge is -2.23. The van der Waals surface area contributed by atoms with Gasteiger partial charge in [0.05, 0.1) is 16.9 Å². The molecule has 1 aliphatic rings. The van der Waals surface area contributed by atoms with Gasteiger partial charge in [-0.05, 0) is 19.3 Å². The highest BCUT2D eigenvalue weighted by Crippen LogP contribution is 2.40. The summed E-state index contributed by atoms with van der Waals surface area (Å²) >= 11 is 5.98. The minimum atomic E-state index is -0.887. The highest BCUT2D eigenvalue weighted by molar-refractivity contribution is 6.31. The van der Waals surface area contributed by atoms with Crippen LogP contribution in [0.1, 0.15) is 25.0 Å².